The van der Waals surface area contributed by atoms with E-state index < -0.39 is 10.0 Å². The van der Waals surface area contributed by atoms with E-state index in [2.05, 4.69) is 0 Å². The Bertz CT molecular complexity index is 861. The average Bonchev–Trinajstić information content (AvgIpc) is 2.78. The fourth-order valence-electron chi connectivity index (χ4n) is 4.38. The summed E-state index contributed by atoms with van der Waals surface area (Å²) in [5.74, 6) is -0.00878. The molecule has 166 valence electrons. The lowest BCUT2D eigenvalue weighted by Gasteiger charge is -2.39. The van der Waals surface area contributed by atoms with Gasteiger partial charge in [-0.2, -0.15) is 0 Å². The third-order valence-corrected chi connectivity index (χ3v) is 8.36. The van der Waals surface area contributed by atoms with Gasteiger partial charge in [-0.1, -0.05) is 17.7 Å². The highest BCUT2D eigenvalue weighted by Gasteiger charge is 2.35. The van der Waals surface area contributed by atoms with E-state index in [0.29, 0.717) is 44.6 Å². The molecule has 2 aliphatic heterocycles. The maximum absolute atomic E-state index is 13.1. The van der Waals surface area contributed by atoms with Crippen molar-refractivity contribution in [3.63, 3.8) is 0 Å². The van der Waals surface area contributed by atoms with E-state index in [1.165, 1.54) is 4.31 Å². The molecule has 1 atom stereocenters. The number of piperidine rings is 2. The van der Waals surface area contributed by atoms with Gasteiger partial charge in [-0.15, -0.1) is 0 Å². The van der Waals surface area contributed by atoms with Crippen LogP contribution in [-0.2, 0) is 14.8 Å². The Morgan fingerprint density at radius 3 is 2.27 bits per heavy atom. The molecule has 7 nitrogen and oxygen atoms in total. The van der Waals surface area contributed by atoms with Crippen LogP contribution in [0.1, 0.15) is 48.5 Å². The maximum atomic E-state index is 13.1. The molecule has 2 fully saturated rings. The Hall–Kier alpha value is -1.93. The summed E-state index contributed by atoms with van der Waals surface area (Å²) < 4.78 is 25.7. The normalized spacial score (nSPS) is 21.1. The first kappa shape index (κ1) is 22.7. The van der Waals surface area contributed by atoms with Crippen molar-refractivity contribution >= 4 is 21.8 Å². The molecule has 8 heteroatoms. The fourth-order valence-corrected chi connectivity index (χ4v) is 5.45. The van der Waals surface area contributed by atoms with Crippen LogP contribution in [0.2, 0.25) is 0 Å². The van der Waals surface area contributed by atoms with E-state index in [1.807, 2.05) is 36.1 Å². The lowest BCUT2D eigenvalue weighted by molar-refractivity contribution is -0.138. The van der Waals surface area contributed by atoms with Gasteiger partial charge in [-0.05, 0) is 51.7 Å². The minimum atomic E-state index is -3.22. The number of hydrogen-bond acceptors (Lipinski definition) is 4. The van der Waals surface area contributed by atoms with Crippen molar-refractivity contribution in [3.8, 4) is 0 Å². The smallest absolute Gasteiger partial charge is 0.253 e. The molecular weight excluding hydrogens is 402 g/mol. The van der Waals surface area contributed by atoms with Crippen LogP contribution in [0.25, 0.3) is 0 Å². The van der Waals surface area contributed by atoms with Gasteiger partial charge in [0.2, 0.25) is 15.9 Å². The number of rotatable bonds is 5. The van der Waals surface area contributed by atoms with Gasteiger partial charge in [-0.25, -0.2) is 12.7 Å². The monoisotopic (exact) mass is 435 g/mol. The predicted octanol–water partition coefficient (Wildman–Crippen LogP) is 2.12. The topological polar surface area (TPSA) is 78.0 Å². The Labute approximate surface area is 180 Å². The molecule has 0 bridgehead atoms. The summed E-state index contributed by atoms with van der Waals surface area (Å²) in [7, 11) is -1.58. The van der Waals surface area contributed by atoms with Crippen LogP contribution in [0.5, 0.6) is 0 Å². The van der Waals surface area contributed by atoms with Crippen molar-refractivity contribution in [1.82, 2.24) is 14.1 Å². The zero-order valence-corrected chi connectivity index (χ0v) is 19.0. The van der Waals surface area contributed by atoms with Crippen molar-refractivity contribution in [2.24, 2.45) is 5.92 Å². The SMILES string of the molecule is CCS(=O)(=O)N(C)C1CCN(C(=O)C2CCCN(C(=O)c3ccc(C)cc3)C2)CC1. The molecule has 0 aromatic heterocycles. The van der Waals surface area contributed by atoms with Gasteiger partial charge < -0.3 is 9.80 Å². The third kappa shape index (κ3) is 5.03. The minimum absolute atomic E-state index is 0.0161. The first-order chi connectivity index (χ1) is 14.2. The van der Waals surface area contributed by atoms with Crippen LogP contribution < -0.4 is 0 Å². The van der Waals surface area contributed by atoms with Crippen molar-refractivity contribution < 1.29 is 18.0 Å². The summed E-state index contributed by atoms with van der Waals surface area (Å²) in [4.78, 5) is 29.6. The highest BCUT2D eigenvalue weighted by Crippen LogP contribution is 2.24. The molecule has 2 saturated heterocycles. The van der Waals surface area contributed by atoms with Gasteiger partial charge in [-0.3, -0.25) is 9.59 Å². The molecule has 2 amide bonds. The first-order valence-corrected chi connectivity index (χ1v) is 12.4. The van der Waals surface area contributed by atoms with Crippen LogP contribution >= 0.6 is 0 Å². The molecule has 0 N–H and O–H groups in total. The summed E-state index contributed by atoms with van der Waals surface area (Å²) in [6.45, 7) is 5.90. The van der Waals surface area contributed by atoms with Crippen LogP contribution in [0.4, 0.5) is 0 Å². The van der Waals surface area contributed by atoms with Gasteiger partial charge >= 0.3 is 0 Å². The van der Waals surface area contributed by atoms with Gasteiger partial charge in [0.1, 0.15) is 0 Å². The van der Waals surface area contributed by atoms with Crippen LogP contribution in [0.3, 0.4) is 0 Å². The second kappa shape index (κ2) is 9.47. The summed E-state index contributed by atoms with van der Waals surface area (Å²) >= 11 is 0. The lowest BCUT2D eigenvalue weighted by Crippen LogP contribution is -2.51. The van der Waals surface area contributed by atoms with Gasteiger partial charge in [0.25, 0.3) is 5.91 Å². The summed E-state index contributed by atoms with van der Waals surface area (Å²) in [5, 5.41) is 0. The predicted molar refractivity (Wildman–Crippen MR) is 117 cm³/mol. The largest absolute Gasteiger partial charge is 0.342 e. The molecule has 30 heavy (non-hydrogen) atoms. The van der Waals surface area contributed by atoms with Crippen LogP contribution in [0.15, 0.2) is 24.3 Å². The van der Waals surface area contributed by atoms with Crippen molar-refractivity contribution in [3.05, 3.63) is 35.4 Å². The lowest BCUT2D eigenvalue weighted by atomic mass is 9.94. The van der Waals surface area contributed by atoms with E-state index in [0.717, 1.165) is 18.4 Å². The molecule has 0 aliphatic carbocycles. The number of hydrogen-bond donors (Lipinski definition) is 0. The van der Waals surface area contributed by atoms with Gasteiger partial charge in [0, 0.05) is 44.8 Å². The van der Waals surface area contributed by atoms with E-state index in [4.69, 9.17) is 0 Å². The summed E-state index contributed by atoms with van der Waals surface area (Å²) in [6.07, 6.45) is 2.92. The Morgan fingerprint density at radius 1 is 1.03 bits per heavy atom. The van der Waals surface area contributed by atoms with E-state index in [9.17, 15) is 18.0 Å². The Balaban J connectivity index is 1.57. The van der Waals surface area contributed by atoms with Crippen molar-refractivity contribution in [1.29, 1.82) is 0 Å². The number of carbonyl (C=O) groups is 2. The maximum Gasteiger partial charge on any atom is 0.253 e. The first-order valence-electron chi connectivity index (χ1n) is 10.8. The zero-order chi connectivity index (χ0) is 21.9. The molecule has 1 aromatic rings. The number of carbonyl (C=O) groups excluding carboxylic acids is 2. The molecule has 3 rings (SSSR count). The number of aryl methyl sites for hydroxylation is 1. The zero-order valence-electron chi connectivity index (χ0n) is 18.2. The molecule has 0 saturated carbocycles. The molecule has 2 heterocycles. The Kier molecular flexibility index (Phi) is 7.18. The molecular formula is C22H33N3O4S. The highest BCUT2D eigenvalue weighted by molar-refractivity contribution is 7.89. The molecule has 0 spiro atoms. The third-order valence-electron chi connectivity index (χ3n) is 6.45. The average molecular weight is 436 g/mol. The van der Waals surface area contributed by atoms with Crippen molar-refractivity contribution in [2.75, 3.05) is 39.0 Å². The quantitative estimate of drug-likeness (QED) is 0.710. The van der Waals surface area contributed by atoms with Crippen LogP contribution in [-0.4, -0.2) is 79.4 Å². The summed E-state index contributed by atoms with van der Waals surface area (Å²) in [5.41, 5.74) is 1.77. The number of nitrogens with zero attached hydrogens (tertiary/aromatic N) is 3. The minimum Gasteiger partial charge on any atom is -0.342 e. The van der Waals surface area contributed by atoms with E-state index in [1.54, 1.807) is 18.9 Å². The Morgan fingerprint density at radius 2 is 1.67 bits per heavy atom. The summed E-state index contributed by atoms with van der Waals surface area (Å²) in [6, 6.07) is 7.49. The number of likely N-dealkylation sites (tertiary alicyclic amines) is 2. The standard InChI is InChI=1S/C22H33N3O4S/c1-4-30(28,29)23(3)20-11-14-24(15-12-20)22(27)19-6-5-13-25(16-19)21(26)18-9-7-17(2)8-10-18/h7-10,19-20H,4-6,11-16H2,1-3H3. The number of benzene rings is 1. The molecule has 1 aromatic carbocycles. The second-order valence-corrected chi connectivity index (χ2v) is 10.7. The van der Waals surface area contributed by atoms with Gasteiger partial charge in [0.15, 0.2) is 0 Å². The van der Waals surface area contributed by atoms with E-state index >= 15 is 0 Å². The number of amides is 2. The number of sulfonamides is 1. The molecule has 1 unspecified atom stereocenters. The second-order valence-electron chi connectivity index (χ2n) is 8.43. The highest BCUT2D eigenvalue weighted by atomic mass is 32.2. The van der Waals surface area contributed by atoms with Gasteiger partial charge in [0.05, 0.1) is 11.7 Å². The van der Waals surface area contributed by atoms with Crippen LogP contribution in [0, 0.1) is 12.8 Å². The van der Waals surface area contributed by atoms with E-state index in [-0.39, 0.29) is 29.5 Å². The molecule has 2 aliphatic rings. The van der Waals surface area contributed by atoms with Crippen molar-refractivity contribution in [2.45, 2.75) is 45.6 Å². The molecule has 0 radical (unpaired) electrons. The fraction of sp³-hybridized carbons (Fsp3) is 0.636.